The van der Waals surface area contributed by atoms with E-state index < -0.39 is 0 Å². The predicted molar refractivity (Wildman–Crippen MR) is 87.4 cm³/mol. The van der Waals surface area contributed by atoms with Crippen molar-refractivity contribution >= 4 is 11.8 Å². The number of rotatable bonds is 6. The molecule has 0 bridgehead atoms. The van der Waals surface area contributed by atoms with E-state index in [1.54, 1.807) is 6.07 Å². The van der Waals surface area contributed by atoms with E-state index >= 15 is 0 Å². The highest BCUT2D eigenvalue weighted by Gasteiger charge is 2.23. The van der Waals surface area contributed by atoms with E-state index in [1.165, 1.54) is 19.3 Å². The summed E-state index contributed by atoms with van der Waals surface area (Å²) in [6.45, 7) is 0.00704. The van der Waals surface area contributed by atoms with Gasteiger partial charge in [-0.1, -0.05) is 18.6 Å². The summed E-state index contributed by atoms with van der Waals surface area (Å²) in [5.74, 6) is 0.216. The minimum atomic E-state index is -0.262. The van der Waals surface area contributed by atoms with Crippen molar-refractivity contribution in [2.45, 2.75) is 57.1 Å². The molecule has 0 radical (unpaired) electrons. The first kappa shape index (κ1) is 15.8. The molecular formula is C18H24N2O3. The number of amides is 2. The zero-order valence-corrected chi connectivity index (χ0v) is 13.3. The van der Waals surface area contributed by atoms with Gasteiger partial charge in [0.25, 0.3) is 5.91 Å². The molecule has 1 aromatic rings. The van der Waals surface area contributed by atoms with Gasteiger partial charge in [0.2, 0.25) is 5.91 Å². The fourth-order valence-electron chi connectivity index (χ4n) is 2.88. The van der Waals surface area contributed by atoms with Crippen LogP contribution < -0.4 is 15.4 Å². The number of para-hydroxylation sites is 1. The van der Waals surface area contributed by atoms with Gasteiger partial charge in [0.15, 0.2) is 0 Å². The zero-order valence-electron chi connectivity index (χ0n) is 13.3. The summed E-state index contributed by atoms with van der Waals surface area (Å²) in [5, 5.41) is 5.53. The lowest BCUT2D eigenvalue weighted by molar-refractivity contribution is -0.120. The third-order valence-corrected chi connectivity index (χ3v) is 4.33. The molecule has 3 rings (SSSR count). The van der Waals surface area contributed by atoms with Crippen molar-refractivity contribution < 1.29 is 14.3 Å². The van der Waals surface area contributed by atoms with E-state index in [-0.39, 0.29) is 24.5 Å². The smallest absolute Gasteiger partial charge is 0.255 e. The summed E-state index contributed by atoms with van der Waals surface area (Å²) in [4.78, 5) is 24.0. The fourth-order valence-corrected chi connectivity index (χ4v) is 2.88. The molecule has 5 nitrogen and oxygen atoms in total. The number of hydrogen-bond donors (Lipinski definition) is 2. The Balaban J connectivity index is 1.56. The average molecular weight is 316 g/mol. The molecule has 23 heavy (non-hydrogen) atoms. The maximum atomic E-state index is 12.3. The van der Waals surface area contributed by atoms with Crippen molar-refractivity contribution in [3.05, 3.63) is 29.8 Å². The van der Waals surface area contributed by atoms with Gasteiger partial charge in [-0.3, -0.25) is 9.59 Å². The van der Waals surface area contributed by atoms with Gasteiger partial charge >= 0.3 is 0 Å². The van der Waals surface area contributed by atoms with E-state index in [1.807, 2.05) is 18.2 Å². The molecule has 0 spiro atoms. The Kier molecular flexibility index (Phi) is 5.16. The molecule has 0 atom stereocenters. The zero-order chi connectivity index (χ0) is 16.1. The largest absolute Gasteiger partial charge is 0.490 e. The van der Waals surface area contributed by atoms with Crippen LogP contribution in [0.2, 0.25) is 0 Å². The number of nitrogens with one attached hydrogen (secondary N) is 2. The van der Waals surface area contributed by atoms with Crippen LogP contribution in [0.4, 0.5) is 0 Å². The minimum Gasteiger partial charge on any atom is -0.490 e. The van der Waals surface area contributed by atoms with E-state index in [0.29, 0.717) is 17.4 Å². The number of carbonyl (C=O) groups excluding carboxylic acids is 2. The standard InChI is InChI=1S/C18H24N2O3/c21-17(20-13-10-11-13)12-19-18(22)15-8-4-5-9-16(15)23-14-6-2-1-3-7-14/h4-5,8-9,13-14H,1-3,6-7,10-12H2,(H,19,22)(H,20,21). The van der Waals surface area contributed by atoms with Gasteiger partial charge in [-0.15, -0.1) is 0 Å². The fraction of sp³-hybridized carbons (Fsp3) is 0.556. The SMILES string of the molecule is O=C(CNC(=O)c1ccccc1OC1CCCCC1)NC1CC1. The van der Waals surface area contributed by atoms with Crippen LogP contribution in [-0.4, -0.2) is 30.5 Å². The second kappa shape index (κ2) is 7.49. The third-order valence-electron chi connectivity index (χ3n) is 4.33. The van der Waals surface area contributed by atoms with Crippen molar-refractivity contribution in [3.63, 3.8) is 0 Å². The molecule has 0 unspecified atom stereocenters. The highest BCUT2D eigenvalue weighted by Crippen LogP contribution is 2.26. The number of ether oxygens (including phenoxy) is 1. The van der Waals surface area contributed by atoms with Gasteiger partial charge < -0.3 is 15.4 Å². The van der Waals surface area contributed by atoms with Crippen LogP contribution in [0.5, 0.6) is 5.75 Å². The van der Waals surface area contributed by atoms with Gasteiger partial charge in [-0.25, -0.2) is 0 Å². The summed E-state index contributed by atoms with van der Waals surface area (Å²) in [7, 11) is 0. The van der Waals surface area contributed by atoms with E-state index in [0.717, 1.165) is 25.7 Å². The molecule has 5 heteroatoms. The third kappa shape index (κ3) is 4.71. The molecule has 2 aliphatic rings. The predicted octanol–water partition coefficient (Wildman–Crippen LogP) is 2.41. The Labute approximate surface area is 136 Å². The minimum absolute atomic E-state index is 0.00704. The van der Waals surface area contributed by atoms with Crippen molar-refractivity contribution in [2.75, 3.05) is 6.54 Å². The molecule has 2 saturated carbocycles. The molecule has 0 heterocycles. The lowest BCUT2D eigenvalue weighted by Gasteiger charge is -2.24. The molecule has 124 valence electrons. The summed E-state index contributed by atoms with van der Waals surface area (Å²) < 4.78 is 6.03. The van der Waals surface area contributed by atoms with Gasteiger partial charge in [-0.2, -0.15) is 0 Å². The van der Waals surface area contributed by atoms with Gasteiger partial charge in [0, 0.05) is 6.04 Å². The van der Waals surface area contributed by atoms with E-state index in [9.17, 15) is 9.59 Å². The second-order valence-electron chi connectivity index (χ2n) is 6.40. The van der Waals surface area contributed by atoms with Crippen LogP contribution in [0.1, 0.15) is 55.3 Å². The Bertz CT molecular complexity index is 563. The number of carbonyl (C=O) groups is 2. The van der Waals surface area contributed by atoms with Crippen LogP contribution in [0.3, 0.4) is 0 Å². The molecule has 0 saturated heterocycles. The lowest BCUT2D eigenvalue weighted by atomic mass is 9.97. The van der Waals surface area contributed by atoms with E-state index in [2.05, 4.69) is 10.6 Å². The van der Waals surface area contributed by atoms with Crippen LogP contribution in [-0.2, 0) is 4.79 Å². The second-order valence-corrected chi connectivity index (χ2v) is 6.40. The Morgan fingerprint density at radius 3 is 2.52 bits per heavy atom. The first-order valence-electron chi connectivity index (χ1n) is 8.55. The van der Waals surface area contributed by atoms with Crippen molar-refractivity contribution in [2.24, 2.45) is 0 Å². The van der Waals surface area contributed by atoms with Crippen LogP contribution in [0.15, 0.2) is 24.3 Å². The maximum absolute atomic E-state index is 12.3. The molecule has 1 aromatic carbocycles. The molecule has 2 N–H and O–H groups in total. The van der Waals surface area contributed by atoms with Gasteiger partial charge in [0.1, 0.15) is 5.75 Å². The lowest BCUT2D eigenvalue weighted by Crippen LogP contribution is -2.38. The molecular weight excluding hydrogens is 292 g/mol. The average Bonchev–Trinajstić information content (AvgIpc) is 3.38. The van der Waals surface area contributed by atoms with Crippen molar-refractivity contribution in [3.8, 4) is 5.75 Å². The molecule has 0 aliphatic heterocycles. The molecule has 2 aliphatic carbocycles. The molecule has 0 aromatic heterocycles. The van der Waals surface area contributed by atoms with Gasteiger partial charge in [-0.05, 0) is 50.7 Å². The van der Waals surface area contributed by atoms with E-state index in [4.69, 9.17) is 4.74 Å². The van der Waals surface area contributed by atoms with Crippen molar-refractivity contribution in [1.29, 1.82) is 0 Å². The maximum Gasteiger partial charge on any atom is 0.255 e. The van der Waals surface area contributed by atoms with Gasteiger partial charge in [0.05, 0.1) is 18.2 Å². The Hall–Kier alpha value is -2.04. The van der Waals surface area contributed by atoms with Crippen molar-refractivity contribution in [1.82, 2.24) is 10.6 Å². The molecule has 2 amide bonds. The number of hydrogen-bond acceptors (Lipinski definition) is 3. The highest BCUT2D eigenvalue weighted by molar-refractivity contribution is 5.98. The quantitative estimate of drug-likeness (QED) is 0.847. The number of benzene rings is 1. The Morgan fingerprint density at radius 2 is 1.78 bits per heavy atom. The van der Waals surface area contributed by atoms with Crippen LogP contribution in [0, 0.1) is 0 Å². The summed E-state index contributed by atoms with van der Waals surface area (Å²) in [5.41, 5.74) is 0.497. The summed E-state index contributed by atoms with van der Waals surface area (Å²) in [6, 6.07) is 7.56. The van der Waals surface area contributed by atoms with Crippen LogP contribution >= 0.6 is 0 Å². The van der Waals surface area contributed by atoms with Crippen LogP contribution in [0.25, 0.3) is 0 Å². The highest BCUT2D eigenvalue weighted by atomic mass is 16.5. The summed E-state index contributed by atoms with van der Waals surface area (Å²) >= 11 is 0. The first-order chi connectivity index (χ1) is 11.2. The monoisotopic (exact) mass is 316 g/mol. The normalized spacial score (nSPS) is 18.3. The molecule has 2 fully saturated rings. The summed E-state index contributed by atoms with van der Waals surface area (Å²) in [6.07, 6.45) is 7.98. The first-order valence-corrected chi connectivity index (χ1v) is 8.55. The Morgan fingerprint density at radius 1 is 1.04 bits per heavy atom. The topological polar surface area (TPSA) is 67.4 Å².